The summed E-state index contributed by atoms with van der Waals surface area (Å²) in [6, 6.07) is 37.0. The van der Waals surface area contributed by atoms with Gasteiger partial charge in [-0.2, -0.15) is 0 Å². The lowest BCUT2D eigenvalue weighted by molar-refractivity contribution is -0.385. The molecule has 6 aromatic carbocycles. The van der Waals surface area contributed by atoms with Crippen LogP contribution in [-0.2, 0) is 27.5 Å². The SMILES string of the molecule is C=CCO[C@@]12Oc3ccc(Oc4ccc(C)c(C)c4)cc3[C@H]3[C@H](CCCCO)[C@@H](CCCCO)C=C(C(=NOCc4ccc([N+](=O)[O-])cc4)C[C@@H]1N(Cc1cccc4ccccc14)C(=O)C=Cc1ccc([N+](=O)[O-])cc1)[C@H]32. The zero-order chi connectivity index (χ0) is 54.1. The lowest BCUT2D eigenvalue weighted by Crippen LogP contribution is -2.70. The molecule has 6 aromatic rings. The van der Waals surface area contributed by atoms with Crippen LogP contribution in [0.2, 0.25) is 0 Å². The van der Waals surface area contributed by atoms with Gasteiger partial charge >= 0.3 is 0 Å². The van der Waals surface area contributed by atoms with E-state index >= 15 is 4.79 Å². The minimum Gasteiger partial charge on any atom is -0.459 e. The summed E-state index contributed by atoms with van der Waals surface area (Å²) in [4.78, 5) is 45.9. The van der Waals surface area contributed by atoms with Gasteiger partial charge in [-0.25, -0.2) is 0 Å². The smallest absolute Gasteiger partial charge is 0.269 e. The summed E-state index contributed by atoms with van der Waals surface area (Å²) in [6.45, 7) is 8.40. The highest BCUT2D eigenvalue weighted by atomic mass is 16.7. The number of rotatable bonds is 23. The molecule has 0 aromatic heterocycles. The molecule has 3 aliphatic rings. The molecule has 1 aliphatic heterocycles. The minimum absolute atomic E-state index is 0.00943. The van der Waals surface area contributed by atoms with E-state index in [2.05, 4.69) is 25.6 Å². The molecule has 2 N–H and O–H groups in total. The standard InChI is InChI=1S/C62H64N4O11/c1-4-34-74-62-58(64(39-47-15-11-14-45-12-5-6-16-52(45)47)59(69)31-23-43-19-24-48(25-20-43)65(70)71)38-56(63-75-40-44-21-26-49(27-22-44)66(72)73)54-36-46(13-7-9-32-67)53(17-8-10-33-68)60(61(54)62)55-37-51(29-30-57(55)77-62)76-50-28-18-41(2)42(3)35-50/h4-6,11-12,14-16,18-31,35-37,46,53,58,60-61,67-68H,1,7-10,13,17,32-34,38-40H2,2-3H3/t46-,53+,58-,60+,61+,62+/m0/s1. The Labute approximate surface area is 448 Å². The first-order valence-electron chi connectivity index (χ1n) is 26.3. The van der Waals surface area contributed by atoms with E-state index in [1.165, 1.54) is 30.3 Å². The first-order valence-corrected chi connectivity index (χ1v) is 26.3. The third-order valence-corrected chi connectivity index (χ3v) is 15.3. The number of benzene rings is 6. The summed E-state index contributed by atoms with van der Waals surface area (Å²) >= 11 is 0. The molecule has 0 bridgehead atoms. The number of carbonyl (C=O) groups is 1. The molecule has 77 heavy (non-hydrogen) atoms. The van der Waals surface area contributed by atoms with Gasteiger partial charge < -0.3 is 34.2 Å². The quantitative estimate of drug-likeness (QED) is 0.0204. The van der Waals surface area contributed by atoms with Gasteiger partial charge in [0.15, 0.2) is 0 Å². The number of nitro groups is 2. The number of aliphatic hydroxyl groups excluding tert-OH is 2. The molecule has 1 amide bonds. The molecule has 9 rings (SSSR count). The minimum atomic E-state index is -1.60. The molecule has 0 spiro atoms. The number of carbonyl (C=O) groups excluding carboxylic acids is 1. The van der Waals surface area contributed by atoms with Crippen LogP contribution in [-0.4, -0.2) is 68.2 Å². The van der Waals surface area contributed by atoms with Crippen molar-refractivity contribution in [3.05, 3.63) is 211 Å². The number of non-ortho nitro benzene ring substituents is 2. The van der Waals surface area contributed by atoms with Crippen LogP contribution in [0.3, 0.4) is 0 Å². The Hall–Kier alpha value is -7.98. The number of nitro benzene ring substituents is 2. The maximum absolute atomic E-state index is 15.6. The largest absolute Gasteiger partial charge is 0.459 e. The fraction of sp³-hybridized carbons (Fsp3) is 0.323. The Balaban J connectivity index is 1.26. The first-order chi connectivity index (χ1) is 37.4. The second-order valence-corrected chi connectivity index (χ2v) is 20.1. The van der Waals surface area contributed by atoms with E-state index in [0.717, 1.165) is 64.3 Å². The monoisotopic (exact) mass is 1040 g/mol. The number of aliphatic hydroxyl groups is 2. The van der Waals surface area contributed by atoms with Crippen LogP contribution in [0.4, 0.5) is 11.4 Å². The highest BCUT2D eigenvalue weighted by molar-refractivity contribution is 6.03. The highest BCUT2D eigenvalue weighted by Gasteiger charge is 2.65. The van der Waals surface area contributed by atoms with Gasteiger partial charge in [0.05, 0.1) is 28.1 Å². The van der Waals surface area contributed by atoms with E-state index in [9.17, 15) is 30.4 Å². The summed E-state index contributed by atoms with van der Waals surface area (Å²) < 4.78 is 21.5. The fourth-order valence-electron chi connectivity index (χ4n) is 11.4. The van der Waals surface area contributed by atoms with Gasteiger partial charge in [0.2, 0.25) is 11.7 Å². The van der Waals surface area contributed by atoms with Crippen molar-refractivity contribution in [3.63, 3.8) is 0 Å². The molecule has 398 valence electrons. The van der Waals surface area contributed by atoms with Gasteiger partial charge in [-0.05, 0) is 156 Å². The van der Waals surface area contributed by atoms with Crippen molar-refractivity contribution < 1.29 is 43.9 Å². The number of fused-ring (bicyclic) bond motifs is 3. The third kappa shape index (κ3) is 11.9. The molecule has 1 fully saturated rings. The number of oxime groups is 1. The highest BCUT2D eigenvalue weighted by Crippen LogP contribution is 2.62. The van der Waals surface area contributed by atoms with Gasteiger partial charge in [-0.15, -0.1) is 6.58 Å². The number of nitrogens with zero attached hydrogens (tertiary/aromatic N) is 4. The van der Waals surface area contributed by atoms with Gasteiger partial charge in [-0.3, -0.25) is 25.0 Å². The molecule has 1 heterocycles. The topological polar surface area (TPSA) is 196 Å². The number of amides is 1. The summed E-state index contributed by atoms with van der Waals surface area (Å²) in [5.74, 6) is -1.23. The Morgan fingerprint density at radius 2 is 1.52 bits per heavy atom. The van der Waals surface area contributed by atoms with Gasteiger partial charge in [0.1, 0.15) is 29.9 Å². The molecule has 1 saturated carbocycles. The third-order valence-electron chi connectivity index (χ3n) is 15.3. The Bertz CT molecular complexity index is 3200. The lowest BCUT2D eigenvalue weighted by atomic mass is 9.55. The second-order valence-electron chi connectivity index (χ2n) is 20.1. The summed E-state index contributed by atoms with van der Waals surface area (Å²) in [7, 11) is 0. The predicted octanol–water partition coefficient (Wildman–Crippen LogP) is 12.6. The zero-order valence-corrected chi connectivity index (χ0v) is 43.4. The van der Waals surface area contributed by atoms with Crippen LogP contribution >= 0.6 is 0 Å². The van der Waals surface area contributed by atoms with Crippen LogP contribution in [0, 0.1) is 51.8 Å². The first kappa shape index (κ1) is 53.8. The Morgan fingerprint density at radius 1 is 0.831 bits per heavy atom. The number of allylic oxidation sites excluding steroid dienone is 1. The number of hydrogen-bond donors (Lipinski definition) is 2. The summed E-state index contributed by atoms with van der Waals surface area (Å²) in [5.41, 5.74) is 6.49. The molecule has 15 heteroatoms. The fourth-order valence-corrected chi connectivity index (χ4v) is 11.4. The van der Waals surface area contributed by atoms with Crippen LogP contribution in [0.1, 0.15) is 84.2 Å². The van der Waals surface area contributed by atoms with Gasteiger partial charge in [0.25, 0.3) is 11.4 Å². The van der Waals surface area contributed by atoms with Crippen molar-refractivity contribution in [2.45, 2.75) is 89.7 Å². The molecule has 0 radical (unpaired) electrons. The second kappa shape index (κ2) is 24.3. The van der Waals surface area contributed by atoms with Crippen molar-refractivity contribution in [1.29, 1.82) is 0 Å². The van der Waals surface area contributed by atoms with Crippen molar-refractivity contribution in [2.75, 3.05) is 19.8 Å². The van der Waals surface area contributed by atoms with E-state index in [-0.39, 0.29) is 74.4 Å². The van der Waals surface area contributed by atoms with Crippen molar-refractivity contribution >= 4 is 39.8 Å². The number of unbranched alkanes of at least 4 members (excludes halogenated alkanes) is 2. The van der Waals surface area contributed by atoms with Gasteiger partial charge in [-0.1, -0.05) is 78.7 Å². The molecule has 2 aliphatic carbocycles. The van der Waals surface area contributed by atoms with E-state index in [1.807, 2.05) is 79.7 Å². The van der Waals surface area contributed by atoms with Gasteiger partial charge in [0, 0.05) is 68.0 Å². The maximum atomic E-state index is 15.6. The average molecular weight is 1040 g/mol. The van der Waals surface area contributed by atoms with Crippen LogP contribution in [0.5, 0.6) is 17.2 Å². The van der Waals surface area contributed by atoms with Crippen LogP contribution in [0.25, 0.3) is 16.8 Å². The molecule has 0 saturated heterocycles. The van der Waals surface area contributed by atoms with Crippen LogP contribution in [0.15, 0.2) is 163 Å². The predicted molar refractivity (Wildman–Crippen MR) is 295 cm³/mol. The normalized spacial score (nSPS) is 20.9. The van der Waals surface area contributed by atoms with Crippen LogP contribution < -0.4 is 9.47 Å². The Morgan fingerprint density at radius 3 is 2.23 bits per heavy atom. The number of aryl methyl sites for hydroxylation is 2. The van der Waals surface area contributed by atoms with E-state index in [1.54, 1.807) is 41.3 Å². The van der Waals surface area contributed by atoms with E-state index < -0.39 is 27.6 Å². The van der Waals surface area contributed by atoms with Crippen molar-refractivity contribution in [2.24, 2.45) is 22.9 Å². The zero-order valence-electron chi connectivity index (χ0n) is 43.4. The molecular formula is C62H64N4O11. The lowest BCUT2D eigenvalue weighted by Gasteiger charge is -2.60. The van der Waals surface area contributed by atoms with E-state index in [4.69, 9.17) is 24.2 Å². The molecule has 6 atom stereocenters. The molecule has 0 unspecified atom stereocenters. The van der Waals surface area contributed by atoms with Crippen molar-refractivity contribution in [1.82, 2.24) is 4.90 Å². The average Bonchev–Trinajstić information content (AvgIpc) is 3.60. The molecule has 15 nitrogen and oxygen atoms in total. The molecular weight excluding hydrogens is 977 g/mol. The summed E-state index contributed by atoms with van der Waals surface area (Å²) in [6.07, 6.45) is 11.3. The maximum Gasteiger partial charge on any atom is 0.269 e. The summed E-state index contributed by atoms with van der Waals surface area (Å²) in [5, 5.41) is 50.3. The van der Waals surface area contributed by atoms with Crippen molar-refractivity contribution in [3.8, 4) is 17.2 Å². The van der Waals surface area contributed by atoms with E-state index in [0.29, 0.717) is 46.9 Å². The Kier molecular flexibility index (Phi) is 17.0. The number of hydrogen-bond acceptors (Lipinski definition) is 12. The number of ether oxygens (including phenoxy) is 3.